The molecule has 1 atom stereocenters. The van der Waals surface area contributed by atoms with Gasteiger partial charge in [-0.1, -0.05) is 0 Å². The van der Waals surface area contributed by atoms with Gasteiger partial charge in [-0.2, -0.15) is 0 Å². The average molecular weight is 251 g/mol. The fourth-order valence-corrected chi connectivity index (χ4v) is 0.533. The first-order chi connectivity index (χ1) is 7.75. The number of carboxylic acids is 2. The molecule has 0 spiro atoms. The van der Waals surface area contributed by atoms with Gasteiger partial charge in [-0.3, -0.25) is 14.4 Å². The quantitative estimate of drug-likeness (QED) is 0.352. The molecule has 5 N–H and O–H groups in total. The largest absolute Gasteiger partial charge is 0.481 e. The van der Waals surface area contributed by atoms with E-state index in [2.05, 4.69) is 10.5 Å². The molecule has 0 bridgehead atoms. The van der Waals surface area contributed by atoms with Gasteiger partial charge in [0, 0.05) is 0 Å². The molecule has 0 aromatic carbocycles. The second kappa shape index (κ2) is 10.8. The maximum Gasteiger partial charge on any atom is 0.306 e. The summed E-state index contributed by atoms with van der Waals surface area (Å²) in [5, 5.41) is 24.2. The molecule has 8 heteroatoms. The van der Waals surface area contributed by atoms with Crippen molar-refractivity contribution in [3.63, 3.8) is 0 Å². The number of hydrogen-bond donors (Lipinski definition) is 4. The molecule has 0 aromatic rings. The van der Waals surface area contributed by atoms with Crippen molar-refractivity contribution < 1.29 is 34.4 Å². The van der Waals surface area contributed by atoms with Gasteiger partial charge in [0.25, 0.3) is 0 Å². The minimum absolute atomic E-state index is 0.214. The lowest BCUT2D eigenvalue weighted by Crippen LogP contribution is -2.11. The lowest BCUT2D eigenvalue weighted by Gasteiger charge is -2.00. The van der Waals surface area contributed by atoms with Gasteiger partial charge in [0.2, 0.25) is 0 Å². The second-order valence-corrected chi connectivity index (χ2v) is 3.00. The van der Waals surface area contributed by atoms with E-state index in [9.17, 15) is 14.4 Å². The molecule has 0 aliphatic rings. The third-order valence-electron chi connectivity index (χ3n) is 1.12. The summed E-state index contributed by atoms with van der Waals surface area (Å²) in [7, 11) is 0. The van der Waals surface area contributed by atoms with Crippen LogP contribution in [0, 0.1) is 0 Å². The topological polar surface area (TPSA) is 147 Å². The first kappa shape index (κ1) is 17.7. The highest BCUT2D eigenvalue weighted by atomic mass is 16.5. The molecular formula is C9H17NO7. The summed E-state index contributed by atoms with van der Waals surface area (Å²) in [5.74, 6) is -2.84. The highest BCUT2D eigenvalue weighted by Gasteiger charge is 2.06. The van der Waals surface area contributed by atoms with Gasteiger partial charge in [-0.15, -0.1) is 0 Å². The lowest BCUT2D eigenvalue weighted by atomic mass is 10.3. The first-order valence-electron chi connectivity index (χ1n) is 4.78. The van der Waals surface area contributed by atoms with E-state index >= 15 is 0 Å². The van der Waals surface area contributed by atoms with Crippen molar-refractivity contribution in [1.29, 1.82) is 0 Å². The molecule has 0 aromatic heterocycles. The number of rotatable bonds is 6. The van der Waals surface area contributed by atoms with Crippen LogP contribution in [0.1, 0.15) is 26.2 Å². The van der Waals surface area contributed by atoms with Gasteiger partial charge in [0.15, 0.2) is 0 Å². The zero-order valence-electron chi connectivity index (χ0n) is 9.46. The average Bonchev–Trinajstić information content (AvgIpc) is 2.13. The monoisotopic (exact) mass is 251 g/mol. The van der Waals surface area contributed by atoms with E-state index < -0.39 is 24.1 Å². The number of carbonyl (C=O) groups is 3. The van der Waals surface area contributed by atoms with Crippen LogP contribution in [0.4, 0.5) is 0 Å². The maximum atomic E-state index is 10.7. The van der Waals surface area contributed by atoms with Crippen molar-refractivity contribution in [1.82, 2.24) is 0 Å². The summed E-state index contributed by atoms with van der Waals surface area (Å²) < 4.78 is 4.42. The molecule has 17 heavy (non-hydrogen) atoms. The Kier molecular flexibility index (Phi) is 11.3. The summed E-state index contributed by atoms with van der Waals surface area (Å²) in [6.45, 7) is 1.29. The van der Waals surface area contributed by atoms with Crippen LogP contribution in [0.3, 0.4) is 0 Å². The van der Waals surface area contributed by atoms with Gasteiger partial charge < -0.3 is 25.8 Å². The van der Waals surface area contributed by atoms with Crippen LogP contribution in [0.15, 0.2) is 0 Å². The van der Waals surface area contributed by atoms with E-state index in [0.717, 1.165) is 0 Å². The van der Waals surface area contributed by atoms with E-state index in [1.165, 1.54) is 6.92 Å². The third kappa shape index (κ3) is 25.0. The number of ether oxygens (including phenoxy) is 1. The lowest BCUT2D eigenvalue weighted by molar-refractivity contribution is -0.149. The normalized spacial score (nSPS) is 10.8. The molecule has 1 unspecified atom stereocenters. The number of aliphatic hydroxyl groups excluding tert-OH is 1. The molecular weight excluding hydrogens is 234 g/mol. The molecule has 100 valence electrons. The Labute approximate surface area is 98.0 Å². The van der Waals surface area contributed by atoms with Crippen molar-refractivity contribution in [3.05, 3.63) is 0 Å². The molecule has 0 heterocycles. The molecule has 0 radical (unpaired) electrons. The first-order valence-corrected chi connectivity index (χ1v) is 4.78. The Morgan fingerprint density at radius 2 is 1.53 bits per heavy atom. The van der Waals surface area contributed by atoms with Gasteiger partial charge >= 0.3 is 17.9 Å². The number of carbonyl (C=O) groups excluding carboxylic acids is 1. The highest BCUT2D eigenvalue weighted by Crippen LogP contribution is 1.93. The fraction of sp³-hybridized carbons (Fsp3) is 0.667. The molecule has 0 amide bonds. The summed E-state index contributed by atoms with van der Waals surface area (Å²) in [5.41, 5.74) is 4.67. The van der Waals surface area contributed by atoms with Crippen LogP contribution in [0.5, 0.6) is 0 Å². The van der Waals surface area contributed by atoms with Crippen molar-refractivity contribution in [3.8, 4) is 0 Å². The number of aliphatic carboxylic acids is 2. The third-order valence-corrected chi connectivity index (χ3v) is 1.12. The second-order valence-electron chi connectivity index (χ2n) is 3.00. The molecule has 0 aliphatic carbocycles. The Bertz CT molecular complexity index is 249. The van der Waals surface area contributed by atoms with Crippen LogP contribution in [0.25, 0.3) is 0 Å². The van der Waals surface area contributed by atoms with Crippen molar-refractivity contribution in [2.75, 3.05) is 6.61 Å². The van der Waals surface area contributed by atoms with Crippen LogP contribution >= 0.6 is 0 Å². The van der Waals surface area contributed by atoms with Crippen LogP contribution in [0.2, 0.25) is 0 Å². The molecule has 0 rings (SSSR count). The van der Waals surface area contributed by atoms with Crippen LogP contribution in [-0.4, -0.2) is 46.1 Å². The zero-order valence-corrected chi connectivity index (χ0v) is 9.46. The molecule has 0 fully saturated rings. The number of nitrogens with two attached hydrogens (primary N) is 1. The Morgan fingerprint density at radius 1 is 1.12 bits per heavy atom. The molecule has 8 nitrogen and oxygen atoms in total. The maximum absolute atomic E-state index is 10.7. The molecule has 0 saturated carbocycles. The Morgan fingerprint density at radius 3 is 1.88 bits per heavy atom. The predicted octanol–water partition coefficient (Wildman–Crippen LogP) is -0.848. The number of aliphatic hydroxyl groups is 1. The Balaban J connectivity index is 0. The van der Waals surface area contributed by atoms with E-state index in [-0.39, 0.29) is 25.9 Å². The summed E-state index contributed by atoms with van der Waals surface area (Å²) >= 11 is 0. The molecule has 0 saturated heterocycles. The van der Waals surface area contributed by atoms with Gasteiger partial charge in [-0.05, 0) is 6.92 Å². The zero-order chi connectivity index (χ0) is 13.8. The number of carboxylic acid groups (broad SMARTS) is 2. The fourth-order valence-electron chi connectivity index (χ4n) is 0.533. The SMILES string of the molecule is CC(N)O.O=C(O)CCOC(=O)CCC(=O)O. The van der Waals surface area contributed by atoms with Crippen molar-refractivity contribution >= 4 is 17.9 Å². The smallest absolute Gasteiger partial charge is 0.306 e. The van der Waals surface area contributed by atoms with Gasteiger partial charge in [0.05, 0.1) is 25.5 Å². The van der Waals surface area contributed by atoms with Crippen molar-refractivity contribution in [2.24, 2.45) is 5.73 Å². The van der Waals surface area contributed by atoms with E-state index in [1.807, 2.05) is 0 Å². The molecule has 0 aliphatic heterocycles. The number of hydrogen-bond acceptors (Lipinski definition) is 6. The summed E-state index contributed by atoms with van der Waals surface area (Å²) in [4.78, 5) is 30.6. The van der Waals surface area contributed by atoms with Crippen LogP contribution < -0.4 is 5.73 Å². The summed E-state index contributed by atoms with van der Waals surface area (Å²) in [6, 6.07) is 0. The predicted molar refractivity (Wildman–Crippen MR) is 55.9 cm³/mol. The minimum atomic E-state index is -1.09. The standard InChI is InChI=1S/C7H10O6.C2H7NO/c8-5(9)1-2-7(12)13-4-3-6(10)11;1-2(3)4/h1-4H2,(H,8,9)(H,10,11);2,4H,3H2,1H3. The van der Waals surface area contributed by atoms with E-state index in [0.29, 0.717) is 0 Å². The number of esters is 1. The Hall–Kier alpha value is -1.67. The highest BCUT2D eigenvalue weighted by molar-refractivity contribution is 5.76. The van der Waals surface area contributed by atoms with Crippen LogP contribution in [-0.2, 0) is 19.1 Å². The minimum Gasteiger partial charge on any atom is -0.481 e. The van der Waals surface area contributed by atoms with Crippen molar-refractivity contribution in [2.45, 2.75) is 32.4 Å². The van der Waals surface area contributed by atoms with E-state index in [4.69, 9.17) is 15.3 Å². The van der Waals surface area contributed by atoms with Gasteiger partial charge in [0.1, 0.15) is 6.61 Å². The van der Waals surface area contributed by atoms with E-state index in [1.54, 1.807) is 0 Å². The summed E-state index contributed by atoms with van der Waals surface area (Å²) in [6.07, 6.45) is -1.46. The van der Waals surface area contributed by atoms with Gasteiger partial charge in [-0.25, -0.2) is 0 Å².